The summed E-state index contributed by atoms with van der Waals surface area (Å²) in [5.41, 5.74) is 3.04. The minimum Gasteiger partial charge on any atom is -0.481 e. The average molecular weight is 294 g/mol. The minimum absolute atomic E-state index is 0.288. The number of nitrogens with one attached hydrogen (secondary N) is 1. The number of rotatable bonds is 4. The van der Waals surface area contributed by atoms with Crippen molar-refractivity contribution in [3.8, 4) is 11.8 Å². The molecule has 4 heteroatoms. The molecule has 2 aromatic rings. The van der Waals surface area contributed by atoms with Gasteiger partial charge in [-0.3, -0.25) is 4.79 Å². The lowest BCUT2D eigenvalue weighted by Crippen LogP contribution is -2.30. The van der Waals surface area contributed by atoms with E-state index in [1.54, 1.807) is 31.2 Å². The molecule has 0 aliphatic heterocycles. The second kappa shape index (κ2) is 6.77. The van der Waals surface area contributed by atoms with Crippen molar-refractivity contribution in [3.63, 3.8) is 0 Å². The van der Waals surface area contributed by atoms with E-state index in [4.69, 9.17) is 10.00 Å². The maximum atomic E-state index is 12.2. The van der Waals surface area contributed by atoms with Gasteiger partial charge in [0.2, 0.25) is 0 Å². The molecule has 0 saturated carbocycles. The van der Waals surface area contributed by atoms with E-state index in [0.29, 0.717) is 17.0 Å². The van der Waals surface area contributed by atoms with Crippen LogP contribution in [-0.4, -0.2) is 12.0 Å². The highest BCUT2D eigenvalue weighted by molar-refractivity contribution is 5.95. The molecule has 0 fully saturated rings. The number of carbonyl (C=O) groups is 1. The van der Waals surface area contributed by atoms with E-state index in [0.717, 1.165) is 11.1 Å². The summed E-state index contributed by atoms with van der Waals surface area (Å²) in [6.07, 6.45) is -0.660. The average Bonchev–Trinajstić information content (AvgIpc) is 2.52. The molecule has 2 aromatic carbocycles. The maximum absolute atomic E-state index is 12.2. The Morgan fingerprint density at radius 2 is 1.91 bits per heavy atom. The van der Waals surface area contributed by atoms with Gasteiger partial charge in [0.1, 0.15) is 11.8 Å². The molecule has 0 saturated heterocycles. The second-order valence-corrected chi connectivity index (χ2v) is 5.10. The fraction of sp³-hybridized carbons (Fsp3) is 0.222. The van der Waals surface area contributed by atoms with Crippen molar-refractivity contribution in [2.45, 2.75) is 26.9 Å². The molecule has 0 bridgehead atoms. The third-order valence-electron chi connectivity index (χ3n) is 3.53. The smallest absolute Gasteiger partial charge is 0.265 e. The molecule has 112 valence electrons. The van der Waals surface area contributed by atoms with Crippen LogP contribution in [0.3, 0.4) is 0 Å². The fourth-order valence-corrected chi connectivity index (χ4v) is 2.02. The van der Waals surface area contributed by atoms with E-state index in [1.165, 1.54) is 0 Å². The number of nitrogens with zero attached hydrogens (tertiary/aromatic N) is 1. The minimum atomic E-state index is -0.660. The van der Waals surface area contributed by atoms with Crippen molar-refractivity contribution in [2.75, 3.05) is 5.32 Å². The van der Waals surface area contributed by atoms with Gasteiger partial charge in [0.05, 0.1) is 11.3 Å². The summed E-state index contributed by atoms with van der Waals surface area (Å²) in [5.74, 6) is 0.403. The Morgan fingerprint density at radius 1 is 1.18 bits per heavy atom. The molecule has 0 aliphatic rings. The topological polar surface area (TPSA) is 62.1 Å². The Kier molecular flexibility index (Phi) is 4.80. The Hall–Kier alpha value is -2.80. The number of benzene rings is 2. The van der Waals surface area contributed by atoms with Crippen molar-refractivity contribution in [3.05, 3.63) is 59.2 Å². The molecule has 2 rings (SSSR count). The number of ether oxygens (including phenoxy) is 1. The molecular weight excluding hydrogens is 276 g/mol. The molecule has 1 amide bonds. The summed E-state index contributed by atoms with van der Waals surface area (Å²) in [4.78, 5) is 12.2. The number of amides is 1. The van der Waals surface area contributed by atoms with Crippen LogP contribution >= 0.6 is 0 Å². The summed E-state index contributed by atoms with van der Waals surface area (Å²) >= 11 is 0. The highest BCUT2D eigenvalue weighted by Gasteiger charge is 2.17. The van der Waals surface area contributed by atoms with Crippen LogP contribution in [0.2, 0.25) is 0 Å². The zero-order valence-corrected chi connectivity index (χ0v) is 12.9. The van der Waals surface area contributed by atoms with Gasteiger partial charge in [0.25, 0.3) is 5.91 Å². The number of anilines is 1. The normalized spacial score (nSPS) is 11.4. The van der Waals surface area contributed by atoms with Crippen molar-refractivity contribution in [2.24, 2.45) is 0 Å². The SMILES string of the molecule is Cc1cccc(OC(C)C(=O)Nc2ccccc2C#N)c1C. The van der Waals surface area contributed by atoms with Crippen molar-refractivity contribution in [1.29, 1.82) is 5.26 Å². The molecule has 1 unspecified atom stereocenters. The van der Waals surface area contributed by atoms with E-state index in [2.05, 4.69) is 11.4 Å². The standard InChI is InChI=1S/C18H18N2O2/c1-12-7-6-10-17(13(12)2)22-14(3)18(21)20-16-9-5-4-8-15(16)11-19/h4-10,14H,1-3H3,(H,20,21). The lowest BCUT2D eigenvalue weighted by molar-refractivity contribution is -0.122. The largest absolute Gasteiger partial charge is 0.481 e. The van der Waals surface area contributed by atoms with Crippen molar-refractivity contribution in [1.82, 2.24) is 0 Å². The zero-order chi connectivity index (χ0) is 16.1. The monoisotopic (exact) mass is 294 g/mol. The van der Waals surface area contributed by atoms with E-state index in [9.17, 15) is 4.79 Å². The van der Waals surface area contributed by atoms with Crippen molar-refractivity contribution >= 4 is 11.6 Å². The van der Waals surface area contributed by atoms with Crippen LogP contribution in [-0.2, 0) is 4.79 Å². The molecular formula is C18H18N2O2. The van der Waals surface area contributed by atoms with Gasteiger partial charge in [-0.1, -0.05) is 24.3 Å². The lowest BCUT2D eigenvalue weighted by Gasteiger charge is -2.17. The molecule has 0 aromatic heterocycles. The Labute approximate surface area is 130 Å². The van der Waals surface area contributed by atoms with Crippen LogP contribution in [0.5, 0.6) is 5.75 Å². The van der Waals surface area contributed by atoms with Gasteiger partial charge >= 0.3 is 0 Å². The first-order valence-electron chi connectivity index (χ1n) is 7.05. The van der Waals surface area contributed by atoms with Crippen LogP contribution in [0, 0.1) is 25.2 Å². The Bertz CT molecular complexity index is 732. The fourth-order valence-electron chi connectivity index (χ4n) is 2.02. The first kappa shape index (κ1) is 15.6. The van der Waals surface area contributed by atoms with Gasteiger partial charge in [-0.15, -0.1) is 0 Å². The summed E-state index contributed by atoms with van der Waals surface area (Å²) in [7, 11) is 0. The molecule has 4 nitrogen and oxygen atoms in total. The van der Waals surface area contributed by atoms with E-state index in [-0.39, 0.29) is 5.91 Å². The Balaban J connectivity index is 2.10. The maximum Gasteiger partial charge on any atom is 0.265 e. The first-order valence-corrected chi connectivity index (χ1v) is 7.05. The summed E-state index contributed by atoms with van der Waals surface area (Å²) in [5, 5.41) is 11.8. The number of nitriles is 1. The molecule has 0 heterocycles. The predicted molar refractivity (Wildman–Crippen MR) is 85.8 cm³/mol. The van der Waals surface area contributed by atoms with E-state index in [1.807, 2.05) is 32.0 Å². The van der Waals surface area contributed by atoms with Gasteiger partial charge in [-0.05, 0) is 50.1 Å². The molecule has 0 radical (unpaired) electrons. The van der Waals surface area contributed by atoms with Crippen LogP contribution < -0.4 is 10.1 Å². The number of hydrogen-bond donors (Lipinski definition) is 1. The van der Waals surface area contributed by atoms with Crippen LogP contribution in [0.1, 0.15) is 23.6 Å². The zero-order valence-electron chi connectivity index (χ0n) is 12.9. The van der Waals surface area contributed by atoms with Gasteiger partial charge in [0, 0.05) is 0 Å². The molecule has 0 aliphatic carbocycles. The number of para-hydroxylation sites is 1. The summed E-state index contributed by atoms with van der Waals surface area (Å²) < 4.78 is 5.74. The van der Waals surface area contributed by atoms with Gasteiger partial charge < -0.3 is 10.1 Å². The summed E-state index contributed by atoms with van der Waals surface area (Å²) in [6.45, 7) is 5.64. The lowest BCUT2D eigenvalue weighted by atomic mass is 10.1. The molecule has 22 heavy (non-hydrogen) atoms. The highest BCUT2D eigenvalue weighted by Crippen LogP contribution is 2.22. The first-order chi connectivity index (χ1) is 10.5. The second-order valence-electron chi connectivity index (χ2n) is 5.10. The quantitative estimate of drug-likeness (QED) is 0.937. The third-order valence-corrected chi connectivity index (χ3v) is 3.53. The highest BCUT2D eigenvalue weighted by atomic mass is 16.5. The molecule has 1 atom stereocenters. The molecule has 0 spiro atoms. The molecule has 1 N–H and O–H groups in total. The number of hydrogen-bond acceptors (Lipinski definition) is 3. The van der Waals surface area contributed by atoms with Gasteiger partial charge in [0.15, 0.2) is 6.10 Å². The Morgan fingerprint density at radius 3 is 2.64 bits per heavy atom. The number of carbonyl (C=O) groups excluding carboxylic acids is 1. The van der Waals surface area contributed by atoms with Crippen LogP contribution in [0.4, 0.5) is 5.69 Å². The summed E-state index contributed by atoms with van der Waals surface area (Å²) in [6, 6.07) is 14.7. The van der Waals surface area contributed by atoms with Crippen LogP contribution in [0.25, 0.3) is 0 Å². The van der Waals surface area contributed by atoms with E-state index < -0.39 is 6.10 Å². The van der Waals surface area contributed by atoms with Gasteiger partial charge in [-0.25, -0.2) is 0 Å². The van der Waals surface area contributed by atoms with E-state index >= 15 is 0 Å². The third kappa shape index (κ3) is 3.44. The van der Waals surface area contributed by atoms with Crippen LogP contribution in [0.15, 0.2) is 42.5 Å². The van der Waals surface area contributed by atoms with Gasteiger partial charge in [-0.2, -0.15) is 5.26 Å². The van der Waals surface area contributed by atoms with Crippen molar-refractivity contribution < 1.29 is 9.53 Å². The number of aryl methyl sites for hydroxylation is 1. The predicted octanol–water partition coefficient (Wildman–Crippen LogP) is 3.58.